The first kappa shape index (κ1) is 26.4. The second-order valence-electron chi connectivity index (χ2n) is 8.32. The highest BCUT2D eigenvalue weighted by Gasteiger charge is 2.17. The molecule has 0 amide bonds. The van der Waals surface area contributed by atoms with Gasteiger partial charge in [-0.2, -0.15) is 7.82 Å². The molecule has 0 unspecified atom stereocenters. The van der Waals surface area contributed by atoms with Gasteiger partial charge >= 0.3 is 1.43 Å². The van der Waals surface area contributed by atoms with Gasteiger partial charge in [0.05, 0.1) is 12.3 Å². The van der Waals surface area contributed by atoms with E-state index in [2.05, 4.69) is 101 Å². The van der Waals surface area contributed by atoms with Crippen LogP contribution < -0.4 is 14.7 Å². The highest BCUT2D eigenvalue weighted by molar-refractivity contribution is 7.73. The molecule has 0 spiro atoms. The highest BCUT2D eigenvalue weighted by Crippen LogP contribution is 2.50. The molecular weight excluding hydrogens is 397 g/mol. The van der Waals surface area contributed by atoms with E-state index < -0.39 is 22.3 Å². The molecule has 0 fully saturated rings. The van der Waals surface area contributed by atoms with Crippen LogP contribution in [0.25, 0.3) is 0 Å². The fourth-order valence-corrected chi connectivity index (χ4v) is 4.87. The first-order valence-corrected chi connectivity index (χ1v) is 16.7. The standard InChI is InChI=1S/2C10H16P.H3O4P/c2*1-11(2,3)9-10-7-5-4-6-8-10;1-5(2,3)4/h2*4-8H,9H2,1-3H3;(H3,1,2,3,4)/q2*+1;/p-2. The van der Waals surface area contributed by atoms with Crippen molar-refractivity contribution in [1.29, 1.82) is 0 Å². The van der Waals surface area contributed by atoms with Gasteiger partial charge in [0.1, 0.15) is 0 Å². The summed E-state index contributed by atoms with van der Waals surface area (Å²) in [5.41, 5.74) is 2.96. The van der Waals surface area contributed by atoms with E-state index in [0.29, 0.717) is 0 Å². The zero-order valence-corrected chi connectivity index (χ0v) is 19.8. The van der Waals surface area contributed by atoms with E-state index in [0.717, 1.165) is 0 Å². The second kappa shape index (κ2) is 12.1. The van der Waals surface area contributed by atoms with Gasteiger partial charge in [0.25, 0.3) is 0 Å². The minimum absolute atomic E-state index is 0. The lowest BCUT2D eigenvalue weighted by Crippen LogP contribution is -2.24. The maximum absolute atomic E-state index is 8.55. The van der Waals surface area contributed by atoms with Gasteiger partial charge in [0, 0.05) is 54.5 Å². The quantitative estimate of drug-likeness (QED) is 0.695. The maximum Gasteiger partial charge on any atom is 1.00 e. The van der Waals surface area contributed by atoms with Crippen LogP contribution >= 0.6 is 22.3 Å². The third kappa shape index (κ3) is 21.6. The van der Waals surface area contributed by atoms with Crippen LogP contribution in [0.1, 0.15) is 12.6 Å². The predicted molar refractivity (Wildman–Crippen MR) is 118 cm³/mol. The molecule has 0 saturated heterocycles. The van der Waals surface area contributed by atoms with Crippen molar-refractivity contribution < 1.29 is 20.7 Å². The number of phosphoric acid groups is 1. The average molecular weight is 430 g/mol. The van der Waals surface area contributed by atoms with Crippen LogP contribution in [0.5, 0.6) is 0 Å². The smallest absolute Gasteiger partial charge is 0.822 e. The van der Waals surface area contributed by atoms with Crippen LogP contribution in [0, 0.1) is 0 Å². The van der Waals surface area contributed by atoms with Crippen LogP contribution in [0.4, 0.5) is 0 Å². The summed E-state index contributed by atoms with van der Waals surface area (Å²) < 4.78 is 8.55. The van der Waals surface area contributed by atoms with Crippen LogP contribution in [-0.2, 0) is 16.9 Å². The highest BCUT2D eigenvalue weighted by atomic mass is 31.2. The van der Waals surface area contributed by atoms with E-state index in [-0.39, 0.29) is 1.43 Å². The molecule has 0 atom stereocenters. The largest absolute Gasteiger partial charge is 1.00 e. The molecule has 2 aromatic rings. The van der Waals surface area contributed by atoms with Crippen molar-refractivity contribution in [3.8, 4) is 0 Å². The molecule has 2 rings (SSSR count). The third-order valence-corrected chi connectivity index (χ3v) is 5.63. The SMILES string of the molecule is C[P+](C)(C)Cc1ccccc1.C[P+](C)(C)Cc1ccccc1.O=P([O-])([O-])[O-].[H+]. The number of hydrogen-bond acceptors (Lipinski definition) is 4. The number of benzene rings is 2. The summed E-state index contributed by atoms with van der Waals surface area (Å²) in [5, 5.41) is 0. The van der Waals surface area contributed by atoms with E-state index in [1.54, 1.807) is 0 Å². The van der Waals surface area contributed by atoms with Gasteiger partial charge in [-0.1, -0.05) is 60.7 Å². The van der Waals surface area contributed by atoms with Crippen LogP contribution in [0.3, 0.4) is 0 Å². The van der Waals surface area contributed by atoms with Crippen LogP contribution in [0.2, 0.25) is 0 Å². The Morgan fingerprint density at radius 3 is 1.07 bits per heavy atom. The molecular formula is C20H33O4P3. The second-order valence-corrected chi connectivity index (χ2v) is 19.0. The molecule has 0 N–H and O–H groups in total. The van der Waals surface area contributed by atoms with Gasteiger partial charge in [-0.25, -0.2) is 0 Å². The Kier molecular flexibility index (Phi) is 11.8. The van der Waals surface area contributed by atoms with Crippen molar-refractivity contribution in [3.63, 3.8) is 0 Å². The molecule has 0 aliphatic rings. The van der Waals surface area contributed by atoms with Gasteiger partial charge in [0.2, 0.25) is 0 Å². The summed E-state index contributed by atoms with van der Waals surface area (Å²) in [4.78, 5) is 25.6. The Labute approximate surface area is 167 Å². The molecule has 0 bridgehead atoms. The summed E-state index contributed by atoms with van der Waals surface area (Å²) in [6.07, 6.45) is 2.54. The number of hydrogen-bond donors (Lipinski definition) is 0. The molecule has 0 aliphatic carbocycles. The average Bonchev–Trinajstić information content (AvgIpc) is 2.44. The number of rotatable bonds is 4. The Balaban J connectivity index is 0. The van der Waals surface area contributed by atoms with Crippen molar-refractivity contribution in [1.82, 2.24) is 0 Å². The van der Waals surface area contributed by atoms with E-state index in [4.69, 9.17) is 19.2 Å². The zero-order chi connectivity index (χ0) is 21.1. The van der Waals surface area contributed by atoms with E-state index in [9.17, 15) is 0 Å². The predicted octanol–water partition coefficient (Wildman–Crippen LogP) is 3.48. The Bertz CT molecular complexity index is 618. The summed E-state index contributed by atoms with van der Waals surface area (Å²) in [6, 6.07) is 21.5. The maximum atomic E-state index is 8.55. The lowest BCUT2D eigenvalue weighted by molar-refractivity contribution is -0.432. The summed E-state index contributed by atoms with van der Waals surface area (Å²) in [7, 11) is -6.66. The molecule has 0 saturated carbocycles. The molecule has 7 heteroatoms. The molecule has 0 aromatic heterocycles. The topological polar surface area (TPSA) is 86.2 Å². The fraction of sp³-hybridized carbons (Fsp3) is 0.400. The molecule has 0 aliphatic heterocycles. The van der Waals surface area contributed by atoms with Crippen molar-refractivity contribution >= 4 is 22.3 Å². The molecule has 27 heavy (non-hydrogen) atoms. The minimum atomic E-state index is -5.39. The molecule has 0 heterocycles. The first-order valence-electron chi connectivity index (χ1n) is 8.57. The third-order valence-electron chi connectivity index (χ3n) is 3.00. The van der Waals surface area contributed by atoms with E-state index >= 15 is 0 Å². The Morgan fingerprint density at radius 2 is 0.889 bits per heavy atom. The van der Waals surface area contributed by atoms with E-state index in [1.807, 2.05) is 0 Å². The minimum Gasteiger partial charge on any atom is -0.822 e. The van der Waals surface area contributed by atoms with Crippen LogP contribution in [-0.4, -0.2) is 40.0 Å². The summed E-state index contributed by atoms with van der Waals surface area (Å²) >= 11 is 0. The normalized spacial score (nSPS) is 11.6. The van der Waals surface area contributed by atoms with Crippen molar-refractivity contribution in [2.75, 3.05) is 40.0 Å². The Morgan fingerprint density at radius 1 is 0.667 bits per heavy atom. The molecule has 2 aromatic carbocycles. The molecule has 4 nitrogen and oxygen atoms in total. The fourth-order valence-electron chi connectivity index (χ4n) is 2.26. The van der Waals surface area contributed by atoms with E-state index in [1.165, 1.54) is 23.5 Å². The zero-order valence-electron chi connectivity index (χ0n) is 18.2. The van der Waals surface area contributed by atoms with Gasteiger partial charge in [-0.15, -0.1) is 0 Å². The van der Waals surface area contributed by atoms with Crippen molar-refractivity contribution in [2.24, 2.45) is 0 Å². The van der Waals surface area contributed by atoms with Crippen molar-refractivity contribution in [3.05, 3.63) is 71.8 Å². The lowest BCUT2D eigenvalue weighted by atomic mass is 10.2. The van der Waals surface area contributed by atoms with Gasteiger partial charge in [-0.3, -0.25) is 0 Å². The Hall–Kier alpha value is -0.590. The molecule has 0 radical (unpaired) electrons. The van der Waals surface area contributed by atoms with Gasteiger partial charge < -0.3 is 19.2 Å². The van der Waals surface area contributed by atoms with Crippen LogP contribution in [0.15, 0.2) is 60.7 Å². The lowest BCUT2D eigenvalue weighted by Gasteiger charge is -2.36. The van der Waals surface area contributed by atoms with Gasteiger partial charge in [0.15, 0.2) is 0 Å². The summed E-state index contributed by atoms with van der Waals surface area (Å²) in [6.45, 7) is 14.2. The first-order chi connectivity index (χ1) is 12.2. The van der Waals surface area contributed by atoms with Crippen molar-refractivity contribution in [2.45, 2.75) is 12.3 Å². The molecule has 152 valence electrons. The monoisotopic (exact) mass is 430 g/mol. The van der Waals surface area contributed by atoms with Gasteiger partial charge in [-0.05, 0) is 11.1 Å². The summed E-state index contributed by atoms with van der Waals surface area (Å²) in [5.74, 6) is 0.